The van der Waals surface area contributed by atoms with Crippen molar-refractivity contribution >= 4 is 24.4 Å². The van der Waals surface area contributed by atoms with E-state index in [0.717, 1.165) is 0 Å². The lowest BCUT2D eigenvalue weighted by Crippen LogP contribution is -2.05. The normalized spacial score (nSPS) is 9.33. The van der Waals surface area contributed by atoms with E-state index in [2.05, 4.69) is 0 Å². The highest BCUT2D eigenvalue weighted by atomic mass is 16.2. The van der Waals surface area contributed by atoms with E-state index in [1.165, 1.54) is 12.2 Å². The molecule has 0 bridgehead atoms. The fraction of sp³-hybridized carbons (Fsp3) is 0.111. The first-order valence-electron chi connectivity index (χ1n) is 3.85. The molecular weight excluding hydrogens is 200 g/mol. The number of hydrogen-bond donors (Lipinski definition) is 2. The Morgan fingerprint density at radius 2 is 1.20 bits per heavy atom. The van der Waals surface area contributed by atoms with E-state index in [0.29, 0.717) is 6.42 Å². The van der Waals surface area contributed by atoms with Gasteiger partial charge in [-0.2, -0.15) is 0 Å². The minimum absolute atomic E-state index is 0.194. The molecule has 0 heterocycles. The summed E-state index contributed by atoms with van der Waals surface area (Å²) >= 11 is 0. The molecule has 6 nitrogen and oxygen atoms in total. The molecule has 0 aromatic rings. The number of aldehydes is 2. The first-order chi connectivity index (χ1) is 7.04. The highest BCUT2D eigenvalue weighted by Gasteiger charge is 1.81. The largest absolute Gasteiger partial charge is 0.366 e. The highest BCUT2D eigenvalue weighted by Crippen LogP contribution is 1.84. The van der Waals surface area contributed by atoms with Crippen LogP contribution in [0.3, 0.4) is 0 Å². The van der Waals surface area contributed by atoms with Gasteiger partial charge in [-0.15, -0.1) is 0 Å². The molecule has 82 valence electrons. The van der Waals surface area contributed by atoms with Gasteiger partial charge in [0.15, 0.2) is 12.6 Å². The molecule has 0 saturated carbocycles. The first kappa shape index (κ1) is 15.2. The molecule has 0 aliphatic carbocycles. The summed E-state index contributed by atoms with van der Waals surface area (Å²) in [5.41, 5.74) is 9.59. The molecule has 0 aromatic carbocycles. The fourth-order valence-corrected chi connectivity index (χ4v) is 0.447. The van der Waals surface area contributed by atoms with Gasteiger partial charge in [0, 0.05) is 0 Å². The smallest absolute Gasteiger partial charge is 0.241 e. The van der Waals surface area contributed by atoms with Gasteiger partial charge in [-0.1, -0.05) is 12.2 Å². The van der Waals surface area contributed by atoms with Crippen molar-refractivity contribution in [3.05, 3.63) is 24.3 Å². The maximum atomic E-state index is 10.1. The zero-order valence-electron chi connectivity index (χ0n) is 7.96. The first-order valence-corrected chi connectivity index (χ1v) is 3.85. The Bertz CT molecular complexity index is 254. The molecule has 0 aliphatic heterocycles. The lowest BCUT2D eigenvalue weighted by atomic mass is 10.3. The Labute approximate surface area is 86.6 Å². The van der Waals surface area contributed by atoms with Crippen LogP contribution in [0.1, 0.15) is 6.42 Å². The molecule has 2 amide bonds. The lowest BCUT2D eigenvalue weighted by Gasteiger charge is -1.80. The molecule has 0 aromatic heterocycles. The van der Waals surface area contributed by atoms with Gasteiger partial charge in [-0.25, -0.2) is 0 Å². The zero-order chi connectivity index (χ0) is 12.1. The number of carbonyl (C=O) groups excluding carboxylic acids is 4. The molecule has 15 heavy (non-hydrogen) atoms. The van der Waals surface area contributed by atoms with Gasteiger partial charge in [0.25, 0.3) is 0 Å². The Morgan fingerprint density at radius 3 is 1.40 bits per heavy atom. The van der Waals surface area contributed by atoms with Crippen LogP contribution in [0.4, 0.5) is 0 Å². The zero-order valence-corrected chi connectivity index (χ0v) is 7.96. The van der Waals surface area contributed by atoms with E-state index in [-0.39, 0.29) is 12.6 Å². The molecule has 0 aliphatic rings. The van der Waals surface area contributed by atoms with E-state index in [9.17, 15) is 9.59 Å². The summed E-state index contributed by atoms with van der Waals surface area (Å²) in [6.45, 7) is 0. The number of primary amides is 2. The molecule has 0 atom stereocenters. The lowest BCUT2D eigenvalue weighted by molar-refractivity contribution is -0.122. The van der Waals surface area contributed by atoms with Crippen molar-refractivity contribution in [2.24, 2.45) is 11.5 Å². The number of amides is 2. The van der Waals surface area contributed by atoms with E-state index in [4.69, 9.17) is 21.1 Å². The van der Waals surface area contributed by atoms with Crippen molar-refractivity contribution in [2.75, 3.05) is 0 Å². The van der Waals surface area contributed by atoms with Gasteiger partial charge in [-0.05, 0) is 18.6 Å². The van der Waals surface area contributed by atoms with Crippen molar-refractivity contribution in [3.8, 4) is 0 Å². The molecule has 0 rings (SSSR count). The SMILES string of the molecule is NC(=O)C=CCC=CC(N)=O.O=CC=O. The van der Waals surface area contributed by atoms with Crippen LogP contribution in [0.25, 0.3) is 0 Å². The van der Waals surface area contributed by atoms with Crippen LogP contribution in [0.5, 0.6) is 0 Å². The minimum atomic E-state index is -0.502. The Kier molecular flexibility index (Phi) is 11.9. The van der Waals surface area contributed by atoms with Gasteiger partial charge in [0.05, 0.1) is 0 Å². The van der Waals surface area contributed by atoms with Crippen molar-refractivity contribution in [1.82, 2.24) is 0 Å². The third-order valence-electron chi connectivity index (χ3n) is 0.892. The third-order valence-corrected chi connectivity index (χ3v) is 0.892. The van der Waals surface area contributed by atoms with Crippen molar-refractivity contribution in [1.29, 1.82) is 0 Å². The van der Waals surface area contributed by atoms with Crippen molar-refractivity contribution < 1.29 is 19.2 Å². The van der Waals surface area contributed by atoms with Crippen LogP contribution in [0.15, 0.2) is 24.3 Å². The fourth-order valence-electron chi connectivity index (χ4n) is 0.447. The van der Waals surface area contributed by atoms with Gasteiger partial charge in [0.2, 0.25) is 11.8 Å². The van der Waals surface area contributed by atoms with Crippen LogP contribution >= 0.6 is 0 Å². The van der Waals surface area contributed by atoms with Crippen LogP contribution in [-0.4, -0.2) is 24.4 Å². The number of rotatable bonds is 5. The number of carbonyl (C=O) groups is 4. The predicted octanol–water partition coefficient (Wildman–Crippen LogP) is -1.16. The number of hydrogen-bond acceptors (Lipinski definition) is 4. The average Bonchev–Trinajstić information content (AvgIpc) is 2.17. The second kappa shape index (κ2) is 11.8. The summed E-state index contributed by atoms with van der Waals surface area (Å²) in [7, 11) is 0. The summed E-state index contributed by atoms with van der Waals surface area (Å²) in [5.74, 6) is -1.00. The molecule has 0 saturated heterocycles. The maximum absolute atomic E-state index is 10.1. The predicted molar refractivity (Wildman–Crippen MR) is 53.4 cm³/mol. The van der Waals surface area contributed by atoms with Crippen LogP contribution < -0.4 is 11.5 Å². The molecule has 4 N–H and O–H groups in total. The number of nitrogens with two attached hydrogens (primary N) is 2. The average molecular weight is 212 g/mol. The minimum Gasteiger partial charge on any atom is -0.366 e. The maximum Gasteiger partial charge on any atom is 0.241 e. The van der Waals surface area contributed by atoms with Crippen LogP contribution in [0, 0.1) is 0 Å². The summed E-state index contributed by atoms with van der Waals surface area (Å²) in [4.78, 5) is 37.8. The standard InChI is InChI=1S/C7H10N2O2.C2H2O2/c8-6(10)4-2-1-3-5-7(9)11;3-1-2-4/h2-5H,1H2,(H2,8,10)(H2,9,11);1-2H. The Hall–Kier alpha value is -2.24. The van der Waals surface area contributed by atoms with E-state index >= 15 is 0 Å². The van der Waals surface area contributed by atoms with Gasteiger partial charge in [0.1, 0.15) is 0 Å². The van der Waals surface area contributed by atoms with E-state index in [1.807, 2.05) is 0 Å². The molecule has 0 unspecified atom stereocenters. The van der Waals surface area contributed by atoms with Crippen molar-refractivity contribution in [2.45, 2.75) is 6.42 Å². The highest BCUT2D eigenvalue weighted by molar-refractivity contribution is 6.09. The number of allylic oxidation sites excluding steroid dienone is 2. The molecule has 0 radical (unpaired) electrons. The second-order valence-corrected chi connectivity index (χ2v) is 2.12. The summed E-state index contributed by atoms with van der Waals surface area (Å²) in [6.07, 6.45) is 6.41. The summed E-state index contributed by atoms with van der Waals surface area (Å²) < 4.78 is 0. The van der Waals surface area contributed by atoms with E-state index < -0.39 is 11.8 Å². The van der Waals surface area contributed by atoms with E-state index in [1.54, 1.807) is 12.2 Å². The molecule has 0 spiro atoms. The monoisotopic (exact) mass is 212 g/mol. The molecule has 6 heteroatoms. The van der Waals surface area contributed by atoms with Gasteiger partial charge in [-0.3, -0.25) is 19.2 Å². The van der Waals surface area contributed by atoms with Gasteiger partial charge >= 0.3 is 0 Å². The Balaban J connectivity index is 0. The van der Waals surface area contributed by atoms with Crippen molar-refractivity contribution in [3.63, 3.8) is 0 Å². The quantitative estimate of drug-likeness (QED) is 0.339. The van der Waals surface area contributed by atoms with Crippen LogP contribution in [0.2, 0.25) is 0 Å². The van der Waals surface area contributed by atoms with Crippen LogP contribution in [-0.2, 0) is 19.2 Å². The topological polar surface area (TPSA) is 120 Å². The molecular formula is C9H12N2O4. The molecule has 0 fully saturated rings. The Morgan fingerprint density at radius 1 is 0.867 bits per heavy atom. The summed E-state index contributed by atoms with van der Waals surface area (Å²) in [6, 6.07) is 0. The summed E-state index contributed by atoms with van der Waals surface area (Å²) in [5, 5.41) is 0. The van der Waals surface area contributed by atoms with Gasteiger partial charge < -0.3 is 11.5 Å². The third kappa shape index (κ3) is 24.5. The second-order valence-electron chi connectivity index (χ2n) is 2.12.